The third-order valence-electron chi connectivity index (χ3n) is 3.81. The van der Waals surface area contributed by atoms with Crippen molar-refractivity contribution < 1.29 is 0 Å². The van der Waals surface area contributed by atoms with Crippen molar-refractivity contribution in [3.8, 4) is 0 Å². The Morgan fingerprint density at radius 1 is 1.40 bits per heavy atom. The fraction of sp³-hybridized carbons (Fsp3) is 0.467. The number of thioether (sulfide) groups is 1. The van der Waals surface area contributed by atoms with Crippen molar-refractivity contribution in [3.05, 3.63) is 42.0 Å². The van der Waals surface area contributed by atoms with Gasteiger partial charge in [0, 0.05) is 35.1 Å². The van der Waals surface area contributed by atoms with Crippen LogP contribution in [0.15, 0.2) is 35.5 Å². The number of rotatable bonds is 4. The Morgan fingerprint density at radius 3 is 3.00 bits per heavy atom. The molecule has 5 heteroatoms. The molecule has 2 unspecified atom stereocenters. The Hall–Kier alpha value is -1.33. The Labute approximate surface area is 123 Å². The number of nitrogens with two attached hydrogens (primary N) is 1. The number of fused-ring (bicyclic) bond motifs is 1. The third-order valence-corrected chi connectivity index (χ3v) is 5.02. The molecule has 106 valence electrons. The first-order valence-electron chi connectivity index (χ1n) is 7.02. The molecule has 4 nitrogen and oxygen atoms in total. The van der Waals surface area contributed by atoms with Gasteiger partial charge in [-0.25, -0.2) is 9.67 Å². The van der Waals surface area contributed by atoms with Crippen LogP contribution in [0.4, 0.5) is 0 Å². The van der Waals surface area contributed by atoms with Crippen LogP contribution in [0.3, 0.4) is 0 Å². The van der Waals surface area contributed by atoms with Gasteiger partial charge in [-0.3, -0.25) is 0 Å². The maximum Gasteiger partial charge on any atom is 0.138 e. The maximum atomic E-state index is 6.46. The summed E-state index contributed by atoms with van der Waals surface area (Å²) in [6.45, 7) is 4.23. The van der Waals surface area contributed by atoms with Gasteiger partial charge in [-0.2, -0.15) is 5.10 Å². The zero-order valence-corrected chi connectivity index (χ0v) is 12.7. The highest BCUT2D eigenvalue weighted by molar-refractivity contribution is 7.99. The van der Waals surface area contributed by atoms with Crippen molar-refractivity contribution in [1.82, 2.24) is 14.8 Å². The van der Waals surface area contributed by atoms with Gasteiger partial charge in [-0.15, -0.1) is 11.8 Å². The summed E-state index contributed by atoms with van der Waals surface area (Å²) in [4.78, 5) is 5.74. The molecule has 0 saturated carbocycles. The lowest BCUT2D eigenvalue weighted by Crippen LogP contribution is -2.32. The van der Waals surface area contributed by atoms with E-state index in [1.165, 1.54) is 10.5 Å². The fourth-order valence-corrected chi connectivity index (χ4v) is 4.09. The Morgan fingerprint density at radius 2 is 2.20 bits per heavy atom. The Kier molecular flexibility index (Phi) is 3.81. The van der Waals surface area contributed by atoms with Crippen LogP contribution >= 0.6 is 11.8 Å². The molecular weight excluding hydrogens is 268 g/mol. The molecule has 20 heavy (non-hydrogen) atoms. The number of hydrogen-bond acceptors (Lipinski definition) is 4. The largest absolute Gasteiger partial charge is 0.327 e. The zero-order chi connectivity index (χ0) is 14.1. The normalized spacial score (nSPS) is 19.3. The number of aromatic nitrogens is 3. The van der Waals surface area contributed by atoms with Gasteiger partial charge >= 0.3 is 0 Å². The van der Waals surface area contributed by atoms with Crippen LogP contribution in [0, 0.1) is 0 Å². The van der Waals surface area contributed by atoms with E-state index < -0.39 is 0 Å². The molecule has 1 aromatic carbocycles. The summed E-state index contributed by atoms with van der Waals surface area (Å²) in [6.07, 6.45) is 2.40. The second-order valence-corrected chi connectivity index (χ2v) is 6.60. The van der Waals surface area contributed by atoms with E-state index in [2.05, 4.69) is 48.2 Å². The molecule has 2 aromatic rings. The summed E-state index contributed by atoms with van der Waals surface area (Å²) in [5.41, 5.74) is 7.85. The summed E-state index contributed by atoms with van der Waals surface area (Å²) in [5.74, 6) is 2.46. The minimum Gasteiger partial charge on any atom is -0.327 e. The van der Waals surface area contributed by atoms with Gasteiger partial charge in [0.15, 0.2) is 0 Å². The molecule has 3 rings (SSSR count). The van der Waals surface area contributed by atoms with E-state index in [1.807, 2.05) is 16.4 Å². The van der Waals surface area contributed by atoms with Crippen LogP contribution in [-0.2, 0) is 6.42 Å². The van der Waals surface area contributed by atoms with E-state index in [-0.39, 0.29) is 6.04 Å². The second-order valence-electron chi connectivity index (χ2n) is 5.54. The molecule has 1 aliphatic rings. The van der Waals surface area contributed by atoms with Crippen molar-refractivity contribution in [2.24, 2.45) is 5.73 Å². The molecule has 1 aromatic heterocycles. The smallest absolute Gasteiger partial charge is 0.138 e. The number of nitrogens with zero attached hydrogens (tertiary/aromatic N) is 3. The lowest BCUT2D eigenvalue weighted by Gasteiger charge is -2.20. The highest BCUT2D eigenvalue weighted by Crippen LogP contribution is 2.41. The van der Waals surface area contributed by atoms with E-state index in [9.17, 15) is 0 Å². The van der Waals surface area contributed by atoms with E-state index >= 15 is 0 Å². The third kappa shape index (κ3) is 2.47. The van der Waals surface area contributed by atoms with Gasteiger partial charge in [0.25, 0.3) is 0 Å². The van der Waals surface area contributed by atoms with Crippen LogP contribution in [0.5, 0.6) is 0 Å². The molecule has 2 atom stereocenters. The molecule has 0 bridgehead atoms. The second kappa shape index (κ2) is 5.58. The van der Waals surface area contributed by atoms with Gasteiger partial charge in [-0.1, -0.05) is 18.2 Å². The van der Waals surface area contributed by atoms with Gasteiger partial charge in [-0.05, 0) is 25.5 Å². The molecule has 0 amide bonds. The molecular formula is C15H20N4S. The zero-order valence-electron chi connectivity index (χ0n) is 11.9. The summed E-state index contributed by atoms with van der Waals surface area (Å²) < 4.78 is 1.97. The first kappa shape index (κ1) is 13.6. The first-order valence-corrected chi connectivity index (χ1v) is 8.01. The van der Waals surface area contributed by atoms with Crippen LogP contribution in [0.25, 0.3) is 0 Å². The summed E-state index contributed by atoms with van der Waals surface area (Å²) in [6, 6.07) is 8.99. The van der Waals surface area contributed by atoms with E-state index in [1.54, 1.807) is 6.33 Å². The average molecular weight is 288 g/mol. The minimum atomic E-state index is 0.0906. The van der Waals surface area contributed by atoms with Crippen molar-refractivity contribution in [1.29, 1.82) is 0 Å². The fourth-order valence-electron chi connectivity index (χ4n) is 2.75. The Bertz CT molecular complexity index is 593. The monoisotopic (exact) mass is 288 g/mol. The number of benzene rings is 1. The van der Waals surface area contributed by atoms with Crippen molar-refractivity contribution >= 4 is 11.8 Å². The molecule has 2 heterocycles. The minimum absolute atomic E-state index is 0.0906. The molecule has 2 N–H and O–H groups in total. The van der Waals surface area contributed by atoms with Crippen molar-refractivity contribution in [2.45, 2.75) is 43.2 Å². The van der Waals surface area contributed by atoms with Crippen molar-refractivity contribution in [3.63, 3.8) is 0 Å². The molecule has 0 aliphatic carbocycles. The molecule has 1 aliphatic heterocycles. The summed E-state index contributed by atoms with van der Waals surface area (Å²) in [5, 5.41) is 4.28. The highest BCUT2D eigenvalue weighted by Gasteiger charge is 2.29. The van der Waals surface area contributed by atoms with Gasteiger partial charge in [0.1, 0.15) is 12.2 Å². The van der Waals surface area contributed by atoms with E-state index in [0.717, 1.165) is 18.0 Å². The van der Waals surface area contributed by atoms with E-state index in [0.29, 0.717) is 12.0 Å². The van der Waals surface area contributed by atoms with Crippen molar-refractivity contribution in [2.75, 3.05) is 5.75 Å². The van der Waals surface area contributed by atoms with Crippen LogP contribution in [-0.4, -0.2) is 26.6 Å². The molecule has 0 spiro atoms. The van der Waals surface area contributed by atoms with Crippen LogP contribution in [0.2, 0.25) is 0 Å². The average Bonchev–Trinajstić information content (AvgIpc) is 3.04. The lowest BCUT2D eigenvalue weighted by molar-refractivity contribution is 0.475. The van der Waals surface area contributed by atoms with Crippen LogP contribution < -0.4 is 5.73 Å². The molecule has 0 fully saturated rings. The van der Waals surface area contributed by atoms with Gasteiger partial charge < -0.3 is 5.73 Å². The Balaban J connectivity index is 1.78. The highest BCUT2D eigenvalue weighted by atomic mass is 32.2. The SMILES string of the molecule is CC(C)n1ncnc1CC(N)C1CSc2ccccc21. The number of hydrogen-bond donors (Lipinski definition) is 1. The quantitative estimate of drug-likeness (QED) is 0.939. The van der Waals surface area contributed by atoms with Gasteiger partial charge in [0.05, 0.1) is 0 Å². The molecule has 0 radical (unpaired) electrons. The standard InChI is InChI=1S/C15H20N4S/c1-10(2)19-15(17-9-18-19)7-13(16)12-8-20-14-6-4-3-5-11(12)14/h3-6,9-10,12-13H,7-8,16H2,1-2H3. The first-order chi connectivity index (χ1) is 9.66. The summed E-state index contributed by atoms with van der Waals surface area (Å²) >= 11 is 1.90. The predicted octanol–water partition coefficient (Wildman–Crippen LogP) is 2.62. The van der Waals surface area contributed by atoms with Crippen LogP contribution in [0.1, 0.15) is 37.2 Å². The van der Waals surface area contributed by atoms with Gasteiger partial charge in [0.2, 0.25) is 0 Å². The summed E-state index contributed by atoms with van der Waals surface area (Å²) in [7, 11) is 0. The maximum absolute atomic E-state index is 6.46. The van der Waals surface area contributed by atoms with E-state index in [4.69, 9.17) is 5.73 Å². The molecule has 0 saturated heterocycles. The lowest BCUT2D eigenvalue weighted by atomic mass is 9.92. The topological polar surface area (TPSA) is 56.7 Å². The predicted molar refractivity (Wildman–Crippen MR) is 82.0 cm³/mol.